The fourth-order valence-corrected chi connectivity index (χ4v) is 1.59. The van der Waals surface area contributed by atoms with Gasteiger partial charge in [0, 0.05) is 11.1 Å². The van der Waals surface area contributed by atoms with Crippen LogP contribution in [0.15, 0.2) is 48.5 Å². The molecule has 0 saturated carbocycles. The second-order valence-electron chi connectivity index (χ2n) is 3.95. The topological polar surface area (TPSA) is 37.3 Å². The Morgan fingerprint density at radius 3 is 1.68 bits per heavy atom. The highest BCUT2D eigenvalue weighted by atomic mass is 19.4. The van der Waals surface area contributed by atoms with Gasteiger partial charge in [0.25, 0.3) is 0 Å². The van der Waals surface area contributed by atoms with E-state index in [0.717, 1.165) is 24.3 Å². The van der Waals surface area contributed by atoms with Crippen LogP contribution in [0.1, 0.15) is 21.5 Å². The minimum Gasteiger partial charge on any atom is -0.508 e. The highest BCUT2D eigenvalue weighted by Gasteiger charge is 2.30. The Labute approximate surface area is 107 Å². The lowest BCUT2D eigenvalue weighted by atomic mass is 10.0. The SMILES string of the molecule is O=C(c1ccc(O)cc1)c1ccc(C(F)(F)F)cc1. The summed E-state index contributed by atoms with van der Waals surface area (Å²) in [7, 11) is 0. The van der Waals surface area contributed by atoms with Crippen LogP contribution in [0.4, 0.5) is 13.2 Å². The van der Waals surface area contributed by atoms with Crippen LogP contribution in [0.2, 0.25) is 0 Å². The lowest BCUT2D eigenvalue weighted by Gasteiger charge is -2.07. The van der Waals surface area contributed by atoms with Crippen molar-refractivity contribution in [2.24, 2.45) is 0 Å². The van der Waals surface area contributed by atoms with E-state index in [1.54, 1.807) is 0 Å². The van der Waals surface area contributed by atoms with E-state index in [4.69, 9.17) is 5.11 Å². The van der Waals surface area contributed by atoms with E-state index in [-0.39, 0.29) is 11.3 Å². The monoisotopic (exact) mass is 266 g/mol. The van der Waals surface area contributed by atoms with Crippen LogP contribution in [0, 0.1) is 0 Å². The summed E-state index contributed by atoms with van der Waals surface area (Å²) in [5.74, 6) is -0.377. The van der Waals surface area contributed by atoms with Gasteiger partial charge in [-0.3, -0.25) is 4.79 Å². The third-order valence-electron chi connectivity index (χ3n) is 2.60. The van der Waals surface area contributed by atoms with Crippen molar-refractivity contribution in [3.63, 3.8) is 0 Å². The zero-order valence-electron chi connectivity index (χ0n) is 9.61. The minimum absolute atomic E-state index is 0.0176. The number of phenols is 1. The number of halogens is 3. The van der Waals surface area contributed by atoms with Crippen LogP contribution in [-0.2, 0) is 6.18 Å². The third kappa shape index (κ3) is 2.93. The molecule has 0 atom stereocenters. The predicted molar refractivity (Wildman–Crippen MR) is 63.0 cm³/mol. The van der Waals surface area contributed by atoms with E-state index in [1.807, 2.05) is 0 Å². The van der Waals surface area contributed by atoms with E-state index >= 15 is 0 Å². The van der Waals surface area contributed by atoms with Crippen molar-refractivity contribution in [1.29, 1.82) is 0 Å². The van der Waals surface area contributed by atoms with E-state index in [9.17, 15) is 18.0 Å². The number of hydrogen-bond acceptors (Lipinski definition) is 2. The molecule has 19 heavy (non-hydrogen) atoms. The van der Waals surface area contributed by atoms with Crippen molar-refractivity contribution in [3.8, 4) is 5.75 Å². The normalized spacial score (nSPS) is 11.3. The molecule has 0 bridgehead atoms. The van der Waals surface area contributed by atoms with Gasteiger partial charge in [-0.05, 0) is 36.4 Å². The van der Waals surface area contributed by atoms with Crippen LogP contribution in [0.25, 0.3) is 0 Å². The Hall–Kier alpha value is -2.30. The van der Waals surface area contributed by atoms with Crippen LogP contribution >= 0.6 is 0 Å². The highest BCUT2D eigenvalue weighted by molar-refractivity contribution is 6.09. The number of phenolic OH excluding ortho intramolecular Hbond substituents is 1. The zero-order chi connectivity index (χ0) is 14.0. The van der Waals surface area contributed by atoms with Crippen molar-refractivity contribution in [2.75, 3.05) is 0 Å². The average molecular weight is 266 g/mol. The standard InChI is InChI=1S/C14H9F3O2/c15-14(16,17)11-5-1-9(2-6-11)13(19)10-3-7-12(18)8-4-10/h1-8,18H. The molecule has 0 unspecified atom stereocenters. The van der Waals surface area contributed by atoms with Crippen molar-refractivity contribution >= 4 is 5.78 Å². The minimum atomic E-state index is -4.42. The van der Waals surface area contributed by atoms with Crippen LogP contribution in [0.5, 0.6) is 5.75 Å². The van der Waals surface area contributed by atoms with Gasteiger partial charge in [-0.25, -0.2) is 0 Å². The summed E-state index contributed by atoms with van der Waals surface area (Å²) < 4.78 is 37.1. The summed E-state index contributed by atoms with van der Waals surface area (Å²) >= 11 is 0. The molecule has 98 valence electrons. The summed E-state index contributed by atoms with van der Waals surface area (Å²) in [6.45, 7) is 0. The number of carbonyl (C=O) groups is 1. The fraction of sp³-hybridized carbons (Fsp3) is 0.0714. The van der Waals surface area contributed by atoms with Crippen molar-refractivity contribution in [2.45, 2.75) is 6.18 Å². The molecule has 0 fully saturated rings. The first kappa shape index (κ1) is 13.1. The second kappa shape index (κ2) is 4.76. The lowest BCUT2D eigenvalue weighted by Crippen LogP contribution is -2.06. The van der Waals surface area contributed by atoms with Crippen molar-refractivity contribution < 1.29 is 23.1 Å². The third-order valence-corrected chi connectivity index (χ3v) is 2.60. The number of alkyl halides is 3. The summed E-state index contributed by atoms with van der Waals surface area (Å²) in [6.07, 6.45) is -4.42. The second-order valence-corrected chi connectivity index (χ2v) is 3.95. The molecule has 2 nitrogen and oxygen atoms in total. The molecule has 2 aromatic rings. The van der Waals surface area contributed by atoms with Gasteiger partial charge >= 0.3 is 6.18 Å². The number of hydrogen-bond donors (Lipinski definition) is 1. The average Bonchev–Trinajstić information content (AvgIpc) is 2.38. The molecule has 0 amide bonds. The fourth-order valence-electron chi connectivity index (χ4n) is 1.59. The van der Waals surface area contributed by atoms with Crippen molar-refractivity contribution in [3.05, 3.63) is 65.2 Å². The van der Waals surface area contributed by atoms with Gasteiger partial charge in [-0.15, -0.1) is 0 Å². The molecule has 0 aromatic heterocycles. The molecular formula is C14H9F3O2. The maximum absolute atomic E-state index is 12.4. The maximum atomic E-state index is 12.4. The molecule has 0 spiro atoms. The van der Waals surface area contributed by atoms with Crippen LogP contribution in [0.3, 0.4) is 0 Å². The molecule has 0 heterocycles. The summed E-state index contributed by atoms with van der Waals surface area (Å²) in [5.41, 5.74) is -0.328. The molecular weight excluding hydrogens is 257 g/mol. The quantitative estimate of drug-likeness (QED) is 0.842. The number of carbonyl (C=O) groups excluding carboxylic acids is 1. The summed E-state index contributed by atoms with van der Waals surface area (Å²) in [4.78, 5) is 12.0. The Morgan fingerprint density at radius 2 is 1.26 bits per heavy atom. The first-order valence-corrected chi connectivity index (χ1v) is 5.39. The zero-order valence-corrected chi connectivity index (χ0v) is 9.61. The Kier molecular flexibility index (Phi) is 3.29. The molecule has 0 aliphatic rings. The molecule has 0 aliphatic carbocycles. The molecule has 2 aromatic carbocycles. The van der Waals surface area contributed by atoms with E-state index in [1.165, 1.54) is 24.3 Å². The first-order valence-electron chi connectivity index (χ1n) is 5.39. The molecule has 5 heteroatoms. The number of rotatable bonds is 2. The summed E-state index contributed by atoms with van der Waals surface area (Å²) in [5, 5.41) is 9.10. The summed E-state index contributed by atoms with van der Waals surface area (Å²) in [6, 6.07) is 9.52. The van der Waals surface area contributed by atoms with E-state index in [2.05, 4.69) is 0 Å². The maximum Gasteiger partial charge on any atom is 0.416 e. The molecule has 0 saturated heterocycles. The van der Waals surface area contributed by atoms with Gasteiger partial charge < -0.3 is 5.11 Å². The Balaban J connectivity index is 2.27. The number of aromatic hydroxyl groups is 1. The first-order chi connectivity index (χ1) is 8.88. The van der Waals surface area contributed by atoms with Gasteiger partial charge in [0.2, 0.25) is 0 Å². The van der Waals surface area contributed by atoms with Gasteiger partial charge in [0.05, 0.1) is 5.56 Å². The molecule has 1 N–H and O–H groups in total. The van der Waals surface area contributed by atoms with E-state index in [0.29, 0.717) is 5.56 Å². The molecule has 0 radical (unpaired) electrons. The molecule has 2 rings (SSSR count). The molecule has 0 aliphatic heterocycles. The Bertz CT molecular complexity index is 584. The van der Waals surface area contributed by atoms with Gasteiger partial charge in [-0.1, -0.05) is 12.1 Å². The predicted octanol–water partition coefficient (Wildman–Crippen LogP) is 3.64. The van der Waals surface area contributed by atoms with Crippen LogP contribution in [-0.4, -0.2) is 10.9 Å². The van der Waals surface area contributed by atoms with Gasteiger partial charge in [0.1, 0.15) is 5.75 Å². The van der Waals surface area contributed by atoms with Crippen LogP contribution < -0.4 is 0 Å². The smallest absolute Gasteiger partial charge is 0.416 e. The van der Waals surface area contributed by atoms with Gasteiger partial charge in [-0.2, -0.15) is 13.2 Å². The highest BCUT2D eigenvalue weighted by Crippen LogP contribution is 2.29. The number of benzene rings is 2. The largest absolute Gasteiger partial charge is 0.508 e. The Morgan fingerprint density at radius 1 is 0.842 bits per heavy atom. The van der Waals surface area contributed by atoms with Crippen molar-refractivity contribution in [1.82, 2.24) is 0 Å². The van der Waals surface area contributed by atoms with E-state index < -0.39 is 17.5 Å². The van der Waals surface area contributed by atoms with Gasteiger partial charge in [0.15, 0.2) is 5.78 Å². The lowest BCUT2D eigenvalue weighted by molar-refractivity contribution is -0.137. The number of ketones is 1.